The molecule has 0 N–H and O–H groups in total. The lowest BCUT2D eigenvalue weighted by Gasteiger charge is -2.24. The molecule has 0 atom stereocenters. The molecule has 2 aromatic rings. The molecule has 1 aliphatic rings. The van der Waals surface area contributed by atoms with E-state index in [1.165, 1.54) is 12.8 Å². The van der Waals surface area contributed by atoms with Gasteiger partial charge in [0.1, 0.15) is 0 Å². The summed E-state index contributed by atoms with van der Waals surface area (Å²) in [5.74, 6) is 0.594. The number of carbonyl (C=O) groups excluding carboxylic acids is 1. The number of hydrogen-bond donors (Lipinski definition) is 0. The number of hydrogen-bond acceptors (Lipinski definition) is 3. The average Bonchev–Trinajstić information content (AvgIpc) is 3.41. The van der Waals surface area contributed by atoms with Crippen LogP contribution < -0.4 is 4.90 Å². The van der Waals surface area contributed by atoms with Crippen LogP contribution in [0.1, 0.15) is 34.8 Å². The van der Waals surface area contributed by atoms with Crippen molar-refractivity contribution in [1.82, 2.24) is 9.88 Å². The van der Waals surface area contributed by atoms with Gasteiger partial charge in [-0.25, -0.2) is 0 Å². The lowest BCUT2D eigenvalue weighted by atomic mass is 10.1. The zero-order valence-corrected chi connectivity index (χ0v) is 13.8. The van der Waals surface area contributed by atoms with Gasteiger partial charge in [0.05, 0.1) is 0 Å². The molecule has 1 saturated carbocycles. The summed E-state index contributed by atoms with van der Waals surface area (Å²) in [6.07, 6.45) is 4.14. The Kier molecular flexibility index (Phi) is 4.72. The molecule has 1 fully saturated rings. The van der Waals surface area contributed by atoms with E-state index in [1.807, 2.05) is 61.5 Å². The zero-order chi connectivity index (χ0) is 16.2. The fourth-order valence-corrected chi connectivity index (χ4v) is 2.60. The van der Waals surface area contributed by atoms with Gasteiger partial charge in [-0.05, 0) is 51.2 Å². The van der Waals surface area contributed by atoms with Gasteiger partial charge in [0, 0.05) is 42.1 Å². The second-order valence-corrected chi connectivity index (χ2v) is 6.34. The van der Waals surface area contributed by atoms with Crippen LogP contribution in [0.15, 0.2) is 48.7 Å². The van der Waals surface area contributed by atoms with Crippen LogP contribution in [-0.2, 0) is 0 Å². The van der Waals surface area contributed by atoms with Crippen LogP contribution in [-0.4, -0.2) is 43.0 Å². The van der Waals surface area contributed by atoms with Crippen molar-refractivity contribution in [3.05, 3.63) is 59.9 Å². The van der Waals surface area contributed by atoms with Gasteiger partial charge in [-0.1, -0.05) is 18.2 Å². The number of benzene rings is 1. The normalized spacial score (nSPS) is 14.0. The number of nitrogens with zero attached hydrogens (tertiary/aromatic N) is 3. The fourth-order valence-electron chi connectivity index (χ4n) is 2.60. The van der Waals surface area contributed by atoms with Crippen LogP contribution in [0.5, 0.6) is 0 Å². The van der Waals surface area contributed by atoms with Crippen LogP contribution >= 0.6 is 0 Å². The second-order valence-electron chi connectivity index (χ2n) is 6.34. The van der Waals surface area contributed by atoms with Gasteiger partial charge in [0.15, 0.2) is 0 Å². The minimum absolute atomic E-state index is 0.0438. The van der Waals surface area contributed by atoms with E-state index in [2.05, 4.69) is 9.88 Å². The molecule has 1 amide bonds. The number of likely N-dealkylation sites (N-methyl/N-ethyl adjacent to an activating group) is 1. The van der Waals surface area contributed by atoms with Gasteiger partial charge in [-0.3, -0.25) is 9.78 Å². The molecule has 120 valence electrons. The SMILES string of the molecule is CN(C)CCN(C(=O)c1ccnc(C2CC2)c1)c1ccccc1. The highest BCUT2D eigenvalue weighted by atomic mass is 16.2. The molecule has 1 aromatic carbocycles. The smallest absolute Gasteiger partial charge is 0.258 e. The summed E-state index contributed by atoms with van der Waals surface area (Å²) in [6, 6.07) is 13.6. The molecule has 0 saturated heterocycles. The topological polar surface area (TPSA) is 36.4 Å². The van der Waals surface area contributed by atoms with Crippen molar-refractivity contribution in [3.63, 3.8) is 0 Å². The molecule has 23 heavy (non-hydrogen) atoms. The number of amides is 1. The molecule has 0 aliphatic heterocycles. The van der Waals surface area contributed by atoms with Crippen molar-refractivity contribution in [2.45, 2.75) is 18.8 Å². The Morgan fingerprint density at radius 1 is 1.13 bits per heavy atom. The summed E-state index contributed by atoms with van der Waals surface area (Å²) in [5, 5.41) is 0. The Balaban J connectivity index is 1.85. The molecular weight excluding hydrogens is 286 g/mol. The molecule has 0 radical (unpaired) electrons. The zero-order valence-electron chi connectivity index (χ0n) is 13.8. The third kappa shape index (κ3) is 3.96. The summed E-state index contributed by atoms with van der Waals surface area (Å²) < 4.78 is 0. The summed E-state index contributed by atoms with van der Waals surface area (Å²) in [5.41, 5.74) is 2.71. The lowest BCUT2D eigenvalue weighted by molar-refractivity contribution is 0.0985. The molecule has 0 bridgehead atoms. The van der Waals surface area contributed by atoms with Gasteiger partial charge in [0.25, 0.3) is 5.91 Å². The lowest BCUT2D eigenvalue weighted by Crippen LogP contribution is -2.36. The first-order valence-electron chi connectivity index (χ1n) is 8.13. The van der Waals surface area contributed by atoms with Gasteiger partial charge in [-0.15, -0.1) is 0 Å². The number of anilines is 1. The summed E-state index contributed by atoms with van der Waals surface area (Å²) in [6.45, 7) is 1.48. The van der Waals surface area contributed by atoms with Gasteiger partial charge in [0.2, 0.25) is 0 Å². The summed E-state index contributed by atoms with van der Waals surface area (Å²) in [4.78, 5) is 21.4. The van der Waals surface area contributed by atoms with E-state index in [9.17, 15) is 4.79 Å². The summed E-state index contributed by atoms with van der Waals surface area (Å²) >= 11 is 0. The number of pyridine rings is 1. The molecule has 0 spiro atoms. The number of aromatic nitrogens is 1. The van der Waals surface area contributed by atoms with Crippen molar-refractivity contribution in [3.8, 4) is 0 Å². The second kappa shape index (κ2) is 6.92. The maximum Gasteiger partial charge on any atom is 0.258 e. The van der Waals surface area contributed by atoms with E-state index in [0.29, 0.717) is 12.5 Å². The maximum absolute atomic E-state index is 13.0. The third-order valence-electron chi connectivity index (χ3n) is 4.11. The first-order chi connectivity index (χ1) is 11.1. The van der Waals surface area contributed by atoms with Crippen molar-refractivity contribution in [2.24, 2.45) is 0 Å². The molecule has 3 rings (SSSR count). The average molecular weight is 309 g/mol. The molecule has 1 heterocycles. The van der Waals surface area contributed by atoms with Gasteiger partial charge >= 0.3 is 0 Å². The highest BCUT2D eigenvalue weighted by Gasteiger charge is 2.26. The van der Waals surface area contributed by atoms with E-state index >= 15 is 0 Å². The van der Waals surface area contributed by atoms with Gasteiger partial charge in [-0.2, -0.15) is 0 Å². The molecule has 4 nitrogen and oxygen atoms in total. The fraction of sp³-hybridized carbons (Fsp3) is 0.368. The molecule has 1 aliphatic carbocycles. The van der Waals surface area contributed by atoms with Crippen LogP contribution in [0.3, 0.4) is 0 Å². The van der Waals surface area contributed by atoms with Crippen molar-refractivity contribution in [2.75, 3.05) is 32.1 Å². The van der Waals surface area contributed by atoms with E-state index in [1.54, 1.807) is 6.20 Å². The largest absolute Gasteiger partial charge is 0.308 e. The molecular formula is C19H23N3O. The molecule has 0 unspecified atom stereocenters. The highest BCUT2D eigenvalue weighted by Crippen LogP contribution is 2.39. The predicted molar refractivity (Wildman–Crippen MR) is 92.9 cm³/mol. The van der Waals surface area contributed by atoms with E-state index in [-0.39, 0.29) is 5.91 Å². The monoisotopic (exact) mass is 309 g/mol. The van der Waals surface area contributed by atoms with E-state index in [0.717, 1.165) is 23.5 Å². The maximum atomic E-state index is 13.0. The third-order valence-corrected chi connectivity index (χ3v) is 4.11. The van der Waals surface area contributed by atoms with Gasteiger partial charge < -0.3 is 9.80 Å². The minimum atomic E-state index is 0.0438. The summed E-state index contributed by atoms with van der Waals surface area (Å²) in [7, 11) is 4.04. The Morgan fingerprint density at radius 3 is 2.52 bits per heavy atom. The Labute approximate surface area is 137 Å². The molecule has 1 aromatic heterocycles. The van der Waals surface area contributed by atoms with Crippen LogP contribution in [0.2, 0.25) is 0 Å². The Bertz CT molecular complexity index is 665. The standard InChI is InChI=1S/C19H23N3O/c1-21(2)12-13-22(17-6-4-3-5-7-17)19(23)16-10-11-20-18(14-16)15-8-9-15/h3-7,10-11,14-15H,8-9,12-13H2,1-2H3. The van der Waals surface area contributed by atoms with Crippen LogP contribution in [0.25, 0.3) is 0 Å². The van der Waals surface area contributed by atoms with E-state index < -0.39 is 0 Å². The van der Waals surface area contributed by atoms with Crippen molar-refractivity contribution in [1.29, 1.82) is 0 Å². The van der Waals surface area contributed by atoms with Crippen LogP contribution in [0, 0.1) is 0 Å². The van der Waals surface area contributed by atoms with Crippen molar-refractivity contribution < 1.29 is 4.79 Å². The number of carbonyl (C=O) groups is 1. The minimum Gasteiger partial charge on any atom is -0.308 e. The number of rotatable bonds is 6. The first-order valence-corrected chi connectivity index (χ1v) is 8.13. The quantitative estimate of drug-likeness (QED) is 0.822. The predicted octanol–water partition coefficient (Wildman–Crippen LogP) is 3.17. The Morgan fingerprint density at radius 2 is 1.87 bits per heavy atom. The number of para-hydroxylation sites is 1. The Hall–Kier alpha value is -2.20. The van der Waals surface area contributed by atoms with E-state index in [4.69, 9.17) is 0 Å². The first kappa shape index (κ1) is 15.7. The van der Waals surface area contributed by atoms with Crippen LogP contribution in [0.4, 0.5) is 5.69 Å². The van der Waals surface area contributed by atoms with Crippen molar-refractivity contribution >= 4 is 11.6 Å². The molecule has 4 heteroatoms. The highest BCUT2D eigenvalue weighted by molar-refractivity contribution is 6.06.